The summed E-state index contributed by atoms with van der Waals surface area (Å²) in [4.78, 5) is 0. The monoisotopic (exact) mass is 389 g/mol. The lowest BCUT2D eigenvalue weighted by Crippen LogP contribution is -1.95. The number of rotatable bonds is 2. The Morgan fingerprint density at radius 3 is 2.24 bits per heavy atom. The van der Waals surface area contributed by atoms with Crippen molar-refractivity contribution in [2.45, 2.75) is 6.92 Å². The minimum Gasteiger partial charge on any atom is -0.307 e. The maximum atomic E-state index is 4.09. The van der Waals surface area contributed by atoms with E-state index in [4.69, 9.17) is 0 Å². The minimum atomic E-state index is 1.09. The first-order chi connectivity index (χ1) is 14.2. The van der Waals surface area contributed by atoms with Gasteiger partial charge in [0.05, 0.1) is 15.7 Å². The van der Waals surface area contributed by atoms with Crippen LogP contribution in [0.2, 0.25) is 0 Å². The molecule has 0 saturated heterocycles. The van der Waals surface area contributed by atoms with Crippen molar-refractivity contribution in [3.8, 4) is 5.69 Å². The molecule has 2 aromatic heterocycles. The number of thiophene rings is 1. The molecule has 0 aliphatic carbocycles. The Hall–Kier alpha value is -3.36. The number of fused-ring (bicyclic) bond motifs is 7. The first kappa shape index (κ1) is 16.6. The van der Waals surface area contributed by atoms with Crippen molar-refractivity contribution in [1.29, 1.82) is 0 Å². The van der Waals surface area contributed by atoms with Crippen molar-refractivity contribution >= 4 is 58.9 Å². The van der Waals surface area contributed by atoms with Gasteiger partial charge in [0.25, 0.3) is 0 Å². The second kappa shape index (κ2) is 6.07. The average molecular weight is 390 g/mol. The highest BCUT2D eigenvalue weighted by molar-refractivity contribution is 7.26. The van der Waals surface area contributed by atoms with E-state index in [1.165, 1.54) is 53.2 Å². The van der Waals surface area contributed by atoms with Crippen molar-refractivity contribution in [1.82, 2.24) is 4.57 Å². The molecule has 2 heteroatoms. The molecule has 0 unspecified atom stereocenters. The second-order valence-electron chi connectivity index (χ2n) is 7.62. The molecule has 6 rings (SSSR count). The number of allylic oxidation sites excluding steroid dienone is 1. The van der Waals surface area contributed by atoms with Gasteiger partial charge in [0, 0.05) is 26.5 Å². The maximum absolute atomic E-state index is 4.09. The molecule has 6 aromatic rings. The maximum Gasteiger partial charge on any atom is 0.0727 e. The number of aromatic nitrogens is 1. The quantitative estimate of drug-likeness (QED) is 0.281. The van der Waals surface area contributed by atoms with Crippen LogP contribution in [-0.2, 0) is 0 Å². The Morgan fingerprint density at radius 2 is 1.45 bits per heavy atom. The Labute approximate surface area is 173 Å². The summed E-state index contributed by atoms with van der Waals surface area (Å²) in [6.07, 6.45) is 0. The van der Waals surface area contributed by atoms with Crippen molar-refractivity contribution in [2.24, 2.45) is 0 Å². The summed E-state index contributed by atoms with van der Waals surface area (Å²) < 4.78 is 5.14. The highest BCUT2D eigenvalue weighted by Gasteiger charge is 2.19. The van der Waals surface area contributed by atoms with E-state index >= 15 is 0 Å². The van der Waals surface area contributed by atoms with Gasteiger partial charge in [0.1, 0.15) is 0 Å². The second-order valence-corrected chi connectivity index (χ2v) is 8.67. The number of benzene rings is 4. The van der Waals surface area contributed by atoms with Crippen LogP contribution in [0.5, 0.6) is 0 Å². The van der Waals surface area contributed by atoms with E-state index in [2.05, 4.69) is 103 Å². The lowest BCUT2D eigenvalue weighted by Gasteiger charge is -2.11. The Kier molecular flexibility index (Phi) is 3.47. The summed E-state index contributed by atoms with van der Waals surface area (Å²) in [5.74, 6) is 0. The van der Waals surface area contributed by atoms with Crippen LogP contribution in [0.15, 0.2) is 91.5 Å². The van der Waals surface area contributed by atoms with Crippen molar-refractivity contribution < 1.29 is 0 Å². The Bertz CT molecular complexity index is 1560. The zero-order chi connectivity index (χ0) is 19.5. The van der Waals surface area contributed by atoms with Gasteiger partial charge in [-0.3, -0.25) is 0 Å². The molecule has 0 spiro atoms. The first-order valence-corrected chi connectivity index (χ1v) is 10.6. The van der Waals surface area contributed by atoms with Crippen molar-refractivity contribution in [2.75, 3.05) is 0 Å². The Balaban J connectivity index is 1.84. The molecule has 0 saturated carbocycles. The van der Waals surface area contributed by atoms with Gasteiger partial charge < -0.3 is 4.57 Å². The van der Waals surface area contributed by atoms with E-state index in [9.17, 15) is 0 Å². The standard InChI is InChI=1S/C27H19NS/c1-17(2)18-11-14-20(15-12-18)28-25-21-8-4-3-7-19(21)13-16-23(25)27-26(28)22-9-5-6-10-24(22)29-27/h3-16H,1H2,2H3. The molecular formula is C27H19NS. The minimum absolute atomic E-state index is 1.09. The number of hydrogen-bond acceptors (Lipinski definition) is 1. The molecule has 0 aliphatic rings. The van der Waals surface area contributed by atoms with Crippen LogP contribution in [0.3, 0.4) is 0 Å². The van der Waals surface area contributed by atoms with Crippen LogP contribution in [0.4, 0.5) is 0 Å². The molecule has 0 fully saturated rings. The molecule has 138 valence electrons. The molecular weight excluding hydrogens is 370 g/mol. The summed E-state index contributed by atoms with van der Waals surface area (Å²) >= 11 is 1.89. The van der Waals surface area contributed by atoms with E-state index in [-0.39, 0.29) is 0 Å². The molecule has 2 heterocycles. The van der Waals surface area contributed by atoms with E-state index in [1.807, 2.05) is 11.3 Å². The van der Waals surface area contributed by atoms with Crippen molar-refractivity contribution in [3.05, 3.63) is 97.1 Å². The molecule has 4 aromatic carbocycles. The fraction of sp³-hybridized carbons (Fsp3) is 0.0370. The largest absolute Gasteiger partial charge is 0.307 e. The zero-order valence-electron chi connectivity index (χ0n) is 16.1. The summed E-state index contributed by atoms with van der Waals surface area (Å²) in [7, 11) is 0. The van der Waals surface area contributed by atoms with E-state index in [0.717, 1.165) is 5.57 Å². The van der Waals surface area contributed by atoms with Gasteiger partial charge >= 0.3 is 0 Å². The molecule has 1 nitrogen and oxygen atoms in total. The predicted molar refractivity (Wildman–Crippen MR) is 128 cm³/mol. The molecule has 0 atom stereocenters. The van der Waals surface area contributed by atoms with Gasteiger partial charge in [-0.05, 0) is 36.1 Å². The van der Waals surface area contributed by atoms with Crippen LogP contribution in [-0.4, -0.2) is 4.57 Å². The average Bonchev–Trinajstić information content (AvgIpc) is 3.28. The molecule has 29 heavy (non-hydrogen) atoms. The SMILES string of the molecule is C=C(C)c1ccc(-n2c3c4ccccc4ccc3c3sc4ccccc4c32)cc1. The normalized spacial score (nSPS) is 11.8. The summed E-state index contributed by atoms with van der Waals surface area (Å²) in [5.41, 5.74) is 6.06. The molecule has 0 radical (unpaired) electrons. The summed E-state index contributed by atoms with van der Waals surface area (Å²) in [5, 5.41) is 5.20. The van der Waals surface area contributed by atoms with Crippen LogP contribution in [0.25, 0.3) is 53.2 Å². The highest BCUT2D eigenvalue weighted by Crippen LogP contribution is 2.44. The van der Waals surface area contributed by atoms with Crippen LogP contribution < -0.4 is 0 Å². The zero-order valence-corrected chi connectivity index (χ0v) is 17.0. The summed E-state index contributed by atoms with van der Waals surface area (Å²) in [6, 6.07) is 30.7. The van der Waals surface area contributed by atoms with Gasteiger partial charge in [-0.15, -0.1) is 11.3 Å². The fourth-order valence-corrected chi connectivity index (χ4v) is 5.59. The third-order valence-electron chi connectivity index (χ3n) is 5.78. The van der Waals surface area contributed by atoms with Gasteiger partial charge in [-0.1, -0.05) is 78.9 Å². The van der Waals surface area contributed by atoms with Crippen LogP contribution in [0.1, 0.15) is 12.5 Å². The third-order valence-corrected chi connectivity index (χ3v) is 6.97. The predicted octanol–water partition coefficient (Wildman–Crippen LogP) is 8.18. The molecule has 0 amide bonds. The first-order valence-electron chi connectivity index (χ1n) is 9.82. The highest BCUT2D eigenvalue weighted by atomic mass is 32.1. The van der Waals surface area contributed by atoms with E-state index in [1.54, 1.807) is 0 Å². The van der Waals surface area contributed by atoms with E-state index < -0.39 is 0 Å². The van der Waals surface area contributed by atoms with Crippen LogP contribution >= 0.6 is 11.3 Å². The Morgan fingerprint density at radius 1 is 0.724 bits per heavy atom. The molecule has 0 bridgehead atoms. The van der Waals surface area contributed by atoms with Gasteiger partial charge in [0.15, 0.2) is 0 Å². The number of nitrogens with zero attached hydrogens (tertiary/aromatic N) is 1. The van der Waals surface area contributed by atoms with Crippen LogP contribution in [0, 0.1) is 0 Å². The van der Waals surface area contributed by atoms with E-state index in [0.29, 0.717) is 0 Å². The lowest BCUT2D eigenvalue weighted by molar-refractivity contribution is 1.19. The molecule has 0 aliphatic heterocycles. The smallest absolute Gasteiger partial charge is 0.0727 e. The van der Waals surface area contributed by atoms with Gasteiger partial charge in [0.2, 0.25) is 0 Å². The van der Waals surface area contributed by atoms with Gasteiger partial charge in [-0.2, -0.15) is 0 Å². The number of hydrogen-bond donors (Lipinski definition) is 0. The van der Waals surface area contributed by atoms with Crippen molar-refractivity contribution in [3.63, 3.8) is 0 Å². The lowest BCUT2D eigenvalue weighted by atomic mass is 10.1. The third kappa shape index (κ3) is 2.33. The fourth-order valence-electron chi connectivity index (χ4n) is 4.38. The summed E-state index contributed by atoms with van der Waals surface area (Å²) in [6.45, 7) is 6.14. The molecule has 0 N–H and O–H groups in total. The van der Waals surface area contributed by atoms with Gasteiger partial charge in [-0.25, -0.2) is 0 Å². The topological polar surface area (TPSA) is 4.93 Å².